The normalized spacial score (nSPS) is 17.8. The number of hydrogen-bond acceptors (Lipinski definition) is 3. The minimum atomic E-state index is -0.449. The van der Waals surface area contributed by atoms with Crippen molar-refractivity contribution in [3.63, 3.8) is 0 Å². The topological polar surface area (TPSA) is 79.5 Å². The monoisotopic (exact) mass is 333 g/mol. The number of carbonyl (C=O) groups excluding carboxylic acids is 2. The van der Waals surface area contributed by atoms with E-state index in [1.807, 2.05) is 24.3 Å². The van der Waals surface area contributed by atoms with E-state index in [1.54, 1.807) is 0 Å². The predicted octanol–water partition coefficient (Wildman–Crippen LogP) is 2.16. The SMILES string of the molecule is CC(C)c1ccccc1OCCNC(=O)NC1CCCCNC1=O. The molecule has 6 nitrogen and oxygen atoms in total. The Balaban J connectivity index is 1.72. The molecule has 1 fully saturated rings. The van der Waals surface area contributed by atoms with Crippen molar-refractivity contribution in [3.8, 4) is 5.75 Å². The van der Waals surface area contributed by atoms with Crippen molar-refractivity contribution in [3.05, 3.63) is 29.8 Å². The molecule has 24 heavy (non-hydrogen) atoms. The highest BCUT2D eigenvalue weighted by molar-refractivity contribution is 5.87. The van der Waals surface area contributed by atoms with Gasteiger partial charge in [0.05, 0.1) is 6.54 Å². The molecule has 1 aromatic carbocycles. The van der Waals surface area contributed by atoms with Crippen molar-refractivity contribution in [2.75, 3.05) is 19.7 Å². The summed E-state index contributed by atoms with van der Waals surface area (Å²) in [6.07, 6.45) is 2.56. The first-order chi connectivity index (χ1) is 11.6. The Hall–Kier alpha value is -2.24. The molecule has 0 bridgehead atoms. The summed E-state index contributed by atoms with van der Waals surface area (Å²) in [6.45, 7) is 5.68. The van der Waals surface area contributed by atoms with E-state index in [9.17, 15) is 9.59 Å². The van der Waals surface area contributed by atoms with Crippen LogP contribution in [0.4, 0.5) is 4.79 Å². The van der Waals surface area contributed by atoms with Gasteiger partial charge in [-0.2, -0.15) is 0 Å². The van der Waals surface area contributed by atoms with Crippen molar-refractivity contribution in [2.24, 2.45) is 0 Å². The Morgan fingerprint density at radius 2 is 2.12 bits per heavy atom. The quantitative estimate of drug-likeness (QED) is 0.698. The van der Waals surface area contributed by atoms with Gasteiger partial charge in [-0.05, 0) is 36.8 Å². The lowest BCUT2D eigenvalue weighted by Gasteiger charge is -2.16. The van der Waals surface area contributed by atoms with Gasteiger partial charge in [0.25, 0.3) is 0 Å². The highest BCUT2D eigenvalue weighted by Crippen LogP contribution is 2.25. The maximum atomic E-state index is 11.9. The maximum absolute atomic E-state index is 11.9. The van der Waals surface area contributed by atoms with E-state index in [0.717, 1.165) is 24.2 Å². The fraction of sp³-hybridized carbons (Fsp3) is 0.556. The minimum Gasteiger partial charge on any atom is -0.491 e. The molecule has 1 heterocycles. The first-order valence-corrected chi connectivity index (χ1v) is 8.61. The van der Waals surface area contributed by atoms with Crippen molar-refractivity contribution < 1.29 is 14.3 Å². The Bertz CT molecular complexity index is 560. The number of benzene rings is 1. The van der Waals surface area contributed by atoms with E-state index in [0.29, 0.717) is 32.0 Å². The van der Waals surface area contributed by atoms with Gasteiger partial charge in [0, 0.05) is 6.54 Å². The number of carbonyl (C=O) groups is 2. The van der Waals surface area contributed by atoms with Crippen LogP contribution in [-0.2, 0) is 4.79 Å². The second kappa shape index (κ2) is 9.15. The molecule has 1 aromatic rings. The summed E-state index contributed by atoms with van der Waals surface area (Å²) in [5.74, 6) is 1.12. The molecule has 1 aliphatic heterocycles. The third kappa shape index (κ3) is 5.44. The minimum absolute atomic E-state index is 0.107. The Morgan fingerprint density at radius 3 is 2.92 bits per heavy atom. The van der Waals surface area contributed by atoms with Crippen LogP contribution in [0.25, 0.3) is 0 Å². The van der Waals surface area contributed by atoms with Crippen LogP contribution in [-0.4, -0.2) is 37.7 Å². The zero-order chi connectivity index (χ0) is 17.4. The van der Waals surface area contributed by atoms with Crippen molar-refractivity contribution in [1.29, 1.82) is 0 Å². The molecule has 1 unspecified atom stereocenters. The van der Waals surface area contributed by atoms with Crippen molar-refractivity contribution >= 4 is 11.9 Å². The van der Waals surface area contributed by atoms with Crippen LogP contribution in [0.5, 0.6) is 5.75 Å². The lowest BCUT2D eigenvalue weighted by atomic mass is 10.0. The zero-order valence-corrected chi connectivity index (χ0v) is 14.4. The average molecular weight is 333 g/mol. The molecule has 0 aliphatic carbocycles. The van der Waals surface area contributed by atoms with Gasteiger partial charge in [-0.1, -0.05) is 32.0 Å². The number of amides is 3. The summed E-state index contributed by atoms with van der Waals surface area (Å²) in [7, 11) is 0. The Morgan fingerprint density at radius 1 is 1.33 bits per heavy atom. The second-order valence-electron chi connectivity index (χ2n) is 6.28. The fourth-order valence-corrected chi connectivity index (χ4v) is 2.70. The smallest absolute Gasteiger partial charge is 0.315 e. The molecule has 0 radical (unpaired) electrons. The van der Waals surface area contributed by atoms with Crippen LogP contribution in [0.15, 0.2) is 24.3 Å². The summed E-state index contributed by atoms with van der Waals surface area (Å²) in [5.41, 5.74) is 1.15. The van der Waals surface area contributed by atoms with E-state index in [2.05, 4.69) is 29.8 Å². The maximum Gasteiger partial charge on any atom is 0.315 e. The van der Waals surface area contributed by atoms with Gasteiger partial charge >= 0.3 is 6.03 Å². The van der Waals surface area contributed by atoms with Crippen molar-refractivity contribution in [1.82, 2.24) is 16.0 Å². The van der Waals surface area contributed by atoms with Gasteiger partial charge in [0.15, 0.2) is 0 Å². The molecular weight excluding hydrogens is 306 g/mol. The average Bonchev–Trinajstić information content (AvgIpc) is 2.76. The molecular formula is C18H27N3O3. The number of hydrogen-bond donors (Lipinski definition) is 3. The number of rotatable bonds is 6. The summed E-state index contributed by atoms with van der Waals surface area (Å²) < 4.78 is 5.76. The van der Waals surface area contributed by atoms with Gasteiger partial charge in [-0.15, -0.1) is 0 Å². The van der Waals surface area contributed by atoms with Gasteiger partial charge in [0.2, 0.25) is 5.91 Å². The van der Waals surface area contributed by atoms with E-state index in [-0.39, 0.29) is 11.9 Å². The van der Waals surface area contributed by atoms with Gasteiger partial charge < -0.3 is 20.7 Å². The van der Waals surface area contributed by atoms with Crippen LogP contribution < -0.4 is 20.7 Å². The summed E-state index contributed by atoms with van der Waals surface area (Å²) >= 11 is 0. The molecule has 0 aromatic heterocycles. The number of urea groups is 1. The molecule has 3 N–H and O–H groups in total. The summed E-state index contributed by atoms with van der Waals surface area (Å²) in [5, 5.41) is 8.25. The molecule has 132 valence electrons. The standard InChI is InChI=1S/C18H27N3O3/c1-13(2)14-7-3-4-9-16(14)24-12-11-20-18(23)21-15-8-5-6-10-19-17(15)22/h3-4,7,9,13,15H,5-6,8,10-12H2,1-2H3,(H,19,22)(H2,20,21,23). The van der Waals surface area contributed by atoms with Crippen LogP contribution >= 0.6 is 0 Å². The first-order valence-electron chi connectivity index (χ1n) is 8.61. The van der Waals surface area contributed by atoms with Crippen LogP contribution in [0.1, 0.15) is 44.6 Å². The molecule has 2 rings (SSSR count). The van der Waals surface area contributed by atoms with E-state index >= 15 is 0 Å². The number of para-hydroxylation sites is 1. The molecule has 3 amide bonds. The zero-order valence-electron chi connectivity index (χ0n) is 14.4. The van der Waals surface area contributed by atoms with Gasteiger partial charge in [-0.25, -0.2) is 4.79 Å². The molecule has 0 spiro atoms. The lowest BCUT2D eigenvalue weighted by Crippen LogP contribution is -2.49. The van der Waals surface area contributed by atoms with E-state index in [1.165, 1.54) is 0 Å². The molecule has 1 saturated heterocycles. The summed E-state index contributed by atoms with van der Waals surface area (Å²) in [4.78, 5) is 23.7. The first kappa shape index (κ1) is 18.1. The summed E-state index contributed by atoms with van der Waals surface area (Å²) in [6, 6.07) is 7.13. The number of ether oxygens (including phenoxy) is 1. The fourth-order valence-electron chi connectivity index (χ4n) is 2.70. The Kier molecular flexibility index (Phi) is 6.90. The molecule has 1 aliphatic rings. The highest BCUT2D eigenvalue weighted by Gasteiger charge is 2.22. The molecule has 6 heteroatoms. The van der Waals surface area contributed by atoms with Gasteiger partial charge in [-0.3, -0.25) is 4.79 Å². The van der Waals surface area contributed by atoms with E-state index < -0.39 is 6.04 Å². The molecule has 1 atom stereocenters. The van der Waals surface area contributed by atoms with Crippen molar-refractivity contribution in [2.45, 2.75) is 45.1 Å². The number of nitrogens with one attached hydrogen (secondary N) is 3. The second-order valence-corrected chi connectivity index (χ2v) is 6.28. The largest absolute Gasteiger partial charge is 0.491 e. The third-order valence-corrected chi connectivity index (χ3v) is 4.03. The Labute approximate surface area is 143 Å². The van der Waals surface area contributed by atoms with Crippen LogP contribution in [0.2, 0.25) is 0 Å². The lowest BCUT2D eigenvalue weighted by molar-refractivity contribution is -0.122. The van der Waals surface area contributed by atoms with Crippen LogP contribution in [0, 0.1) is 0 Å². The molecule has 0 saturated carbocycles. The van der Waals surface area contributed by atoms with Gasteiger partial charge in [0.1, 0.15) is 18.4 Å². The predicted molar refractivity (Wildman–Crippen MR) is 93.2 cm³/mol. The third-order valence-electron chi connectivity index (χ3n) is 4.03. The van der Waals surface area contributed by atoms with E-state index in [4.69, 9.17) is 4.74 Å². The highest BCUT2D eigenvalue weighted by atomic mass is 16.5. The van der Waals surface area contributed by atoms with Crippen LogP contribution in [0.3, 0.4) is 0 Å².